The third-order valence-corrected chi connectivity index (χ3v) is 7.38. The number of halogens is 1. The first-order chi connectivity index (χ1) is 18.2. The quantitative estimate of drug-likeness (QED) is 0.402. The summed E-state index contributed by atoms with van der Waals surface area (Å²) < 4.78 is 5.47. The van der Waals surface area contributed by atoms with Gasteiger partial charge in [-0.15, -0.1) is 0 Å². The lowest BCUT2D eigenvalue weighted by atomic mass is 10.1. The number of hydrogen-bond donors (Lipinski definition) is 2. The van der Waals surface area contributed by atoms with Crippen LogP contribution >= 0.6 is 11.6 Å². The molecule has 1 aromatic carbocycles. The van der Waals surface area contributed by atoms with Gasteiger partial charge in [-0.1, -0.05) is 29.8 Å². The maximum absolute atomic E-state index is 14.0. The molecule has 4 aromatic rings. The first-order valence-electron chi connectivity index (χ1n) is 12.2. The maximum Gasteiger partial charge on any atom is 0.404 e. The molecular weight excluding hydrogens is 512 g/mol. The predicted octanol–water partition coefficient (Wildman–Crippen LogP) is 2.47. The molecule has 0 unspecified atom stereocenters. The van der Waals surface area contributed by atoms with Gasteiger partial charge >= 0.3 is 11.8 Å². The summed E-state index contributed by atoms with van der Waals surface area (Å²) in [6, 6.07) is 10.3. The molecule has 0 bridgehead atoms. The van der Waals surface area contributed by atoms with Crippen molar-refractivity contribution in [3.63, 3.8) is 0 Å². The summed E-state index contributed by atoms with van der Waals surface area (Å²) in [6.45, 7) is 0.966. The zero-order valence-corrected chi connectivity index (χ0v) is 21.7. The van der Waals surface area contributed by atoms with Gasteiger partial charge in [0.05, 0.1) is 12.1 Å². The van der Waals surface area contributed by atoms with E-state index < -0.39 is 23.2 Å². The first kappa shape index (κ1) is 25.4. The van der Waals surface area contributed by atoms with Crippen LogP contribution < -0.4 is 21.5 Å². The highest BCUT2D eigenvalue weighted by atomic mass is 35.5. The highest BCUT2D eigenvalue weighted by Gasteiger charge is 2.34. The van der Waals surface area contributed by atoms with Crippen LogP contribution in [0.25, 0.3) is 11.0 Å². The Morgan fingerprint density at radius 1 is 1.05 bits per heavy atom. The van der Waals surface area contributed by atoms with Crippen LogP contribution in [0.4, 0.5) is 10.6 Å². The standard InChI is InChI=1S/C26H27ClN6O5/c1-29-20-19(23(34)31-11-5-6-12-31)22(32-13-7-9-17(15-32)28-25(36)37)33(14-16-8-3-4-10-18(16)27)21(20)24(35)30(2)26(29)38/h3-6,8,10-12,17,28H,7,9,13-15H2,1-2H3,(H,36,37)/t17-/m1/s1. The Kier molecular flexibility index (Phi) is 6.62. The zero-order valence-electron chi connectivity index (χ0n) is 20.9. The Morgan fingerprint density at radius 2 is 1.76 bits per heavy atom. The molecule has 11 nitrogen and oxygen atoms in total. The largest absolute Gasteiger partial charge is 0.465 e. The monoisotopic (exact) mass is 538 g/mol. The van der Waals surface area contributed by atoms with E-state index in [-0.39, 0.29) is 35.7 Å². The summed E-state index contributed by atoms with van der Waals surface area (Å²) in [5.74, 6) is 0.0262. The van der Waals surface area contributed by atoms with Crippen molar-refractivity contribution in [2.45, 2.75) is 25.4 Å². The fourth-order valence-corrected chi connectivity index (χ4v) is 5.44. The average Bonchev–Trinajstić information content (AvgIpc) is 3.54. The van der Waals surface area contributed by atoms with E-state index in [1.54, 1.807) is 41.2 Å². The summed E-state index contributed by atoms with van der Waals surface area (Å²) >= 11 is 6.51. The van der Waals surface area contributed by atoms with Crippen LogP contribution in [-0.4, -0.2) is 54.5 Å². The van der Waals surface area contributed by atoms with Gasteiger partial charge in [0.25, 0.3) is 11.5 Å². The first-order valence-corrected chi connectivity index (χ1v) is 12.5. The number of carbonyl (C=O) groups is 2. The lowest BCUT2D eigenvalue weighted by Gasteiger charge is -2.35. The molecule has 0 radical (unpaired) electrons. The van der Waals surface area contributed by atoms with E-state index in [1.165, 1.54) is 23.2 Å². The van der Waals surface area contributed by atoms with Gasteiger partial charge in [-0.25, -0.2) is 9.59 Å². The molecule has 1 saturated heterocycles. The molecule has 1 atom stereocenters. The van der Waals surface area contributed by atoms with Gasteiger partial charge in [-0.2, -0.15) is 0 Å². The number of nitrogens with one attached hydrogen (secondary N) is 1. The smallest absolute Gasteiger partial charge is 0.404 e. The van der Waals surface area contributed by atoms with Crippen molar-refractivity contribution in [1.29, 1.82) is 0 Å². The van der Waals surface area contributed by atoms with Gasteiger partial charge in [0.15, 0.2) is 0 Å². The van der Waals surface area contributed by atoms with Crippen LogP contribution in [-0.2, 0) is 20.6 Å². The van der Waals surface area contributed by atoms with E-state index in [2.05, 4.69) is 5.32 Å². The Bertz CT molecular complexity index is 1670. The molecule has 1 amide bonds. The molecule has 0 spiro atoms. The SMILES string of the molecule is Cn1c(=O)c2c(c(C(=O)n3cccc3)c(N3CCC[C@@H](NC(=O)O)C3)n2Cc2ccccc2Cl)n(C)c1=O. The summed E-state index contributed by atoms with van der Waals surface area (Å²) in [5, 5.41) is 12.4. The van der Waals surface area contributed by atoms with Gasteiger partial charge in [0, 0.05) is 50.6 Å². The second-order valence-corrected chi connectivity index (χ2v) is 9.82. The maximum atomic E-state index is 14.0. The number of piperidine rings is 1. The molecule has 3 aromatic heterocycles. The predicted molar refractivity (Wildman–Crippen MR) is 144 cm³/mol. The lowest BCUT2D eigenvalue weighted by Crippen LogP contribution is -2.48. The van der Waals surface area contributed by atoms with Gasteiger partial charge < -0.3 is 19.9 Å². The molecule has 1 aliphatic heterocycles. The molecule has 4 heterocycles. The van der Waals surface area contributed by atoms with E-state index in [0.29, 0.717) is 30.2 Å². The van der Waals surface area contributed by atoms with E-state index in [0.717, 1.165) is 10.1 Å². The second kappa shape index (κ2) is 9.90. The zero-order chi connectivity index (χ0) is 27.1. The molecule has 2 N–H and O–H groups in total. The summed E-state index contributed by atoms with van der Waals surface area (Å²) in [6.07, 6.45) is 3.37. The minimum absolute atomic E-state index is 0.158. The fraction of sp³-hybridized carbons (Fsp3) is 0.308. The van der Waals surface area contributed by atoms with E-state index in [4.69, 9.17) is 11.6 Å². The number of hydrogen-bond acceptors (Lipinski definition) is 5. The number of aromatic nitrogens is 4. The number of benzene rings is 1. The Hall–Kier alpha value is -4.25. The van der Waals surface area contributed by atoms with Gasteiger partial charge in [-0.05, 0) is 36.6 Å². The number of fused-ring (bicyclic) bond motifs is 1. The van der Waals surface area contributed by atoms with Crippen LogP contribution in [0.3, 0.4) is 0 Å². The van der Waals surface area contributed by atoms with Crippen LogP contribution in [0.2, 0.25) is 5.02 Å². The van der Waals surface area contributed by atoms with Crippen molar-refractivity contribution in [1.82, 2.24) is 23.6 Å². The van der Waals surface area contributed by atoms with Crippen LogP contribution in [0.15, 0.2) is 58.4 Å². The lowest BCUT2D eigenvalue weighted by molar-refractivity contribution is 0.0961. The summed E-state index contributed by atoms with van der Waals surface area (Å²) in [5.41, 5.74) is 0.215. The molecule has 0 saturated carbocycles. The van der Waals surface area contributed by atoms with Crippen molar-refractivity contribution in [3.8, 4) is 0 Å². The van der Waals surface area contributed by atoms with Gasteiger partial charge in [-0.3, -0.25) is 23.3 Å². The normalized spacial score (nSPS) is 15.7. The number of carbonyl (C=O) groups excluding carboxylic acids is 1. The van der Waals surface area contributed by atoms with Crippen molar-refractivity contribution in [3.05, 3.63) is 85.8 Å². The fourth-order valence-electron chi connectivity index (χ4n) is 5.24. The molecule has 1 aliphatic rings. The third kappa shape index (κ3) is 4.28. The summed E-state index contributed by atoms with van der Waals surface area (Å²) in [4.78, 5) is 54.0. The highest BCUT2D eigenvalue weighted by molar-refractivity contribution is 6.31. The van der Waals surface area contributed by atoms with Crippen molar-refractivity contribution in [2.24, 2.45) is 14.1 Å². The number of amides is 1. The Labute approximate surface area is 222 Å². The van der Waals surface area contributed by atoms with Crippen LogP contribution in [0, 0.1) is 0 Å². The topological polar surface area (TPSA) is 124 Å². The van der Waals surface area contributed by atoms with Crippen LogP contribution in [0.5, 0.6) is 0 Å². The highest BCUT2D eigenvalue weighted by Crippen LogP contribution is 2.35. The van der Waals surface area contributed by atoms with E-state index in [9.17, 15) is 24.3 Å². The molecular formula is C26H27ClN6O5. The van der Waals surface area contributed by atoms with E-state index >= 15 is 0 Å². The number of nitrogens with zero attached hydrogens (tertiary/aromatic N) is 5. The number of rotatable bonds is 5. The molecule has 5 rings (SSSR count). The van der Waals surface area contributed by atoms with E-state index in [1.807, 2.05) is 17.0 Å². The number of carboxylic acid groups (broad SMARTS) is 1. The Balaban J connectivity index is 1.86. The van der Waals surface area contributed by atoms with Gasteiger partial charge in [0.1, 0.15) is 16.9 Å². The molecule has 38 heavy (non-hydrogen) atoms. The molecule has 12 heteroatoms. The third-order valence-electron chi connectivity index (χ3n) is 7.01. The molecule has 1 fully saturated rings. The average molecular weight is 539 g/mol. The summed E-state index contributed by atoms with van der Waals surface area (Å²) in [7, 11) is 2.93. The molecule has 0 aliphatic carbocycles. The van der Waals surface area contributed by atoms with Crippen LogP contribution in [0.1, 0.15) is 28.8 Å². The molecule has 198 valence electrons. The second-order valence-electron chi connectivity index (χ2n) is 9.41. The Morgan fingerprint density at radius 3 is 2.45 bits per heavy atom. The van der Waals surface area contributed by atoms with Gasteiger partial charge in [0.2, 0.25) is 0 Å². The minimum Gasteiger partial charge on any atom is -0.465 e. The van der Waals surface area contributed by atoms with Crippen molar-refractivity contribution in [2.75, 3.05) is 18.0 Å². The minimum atomic E-state index is -1.13. The number of aryl methyl sites for hydroxylation is 1. The number of anilines is 1. The van der Waals surface area contributed by atoms with Crippen molar-refractivity contribution < 1.29 is 14.7 Å². The van der Waals surface area contributed by atoms with Crippen molar-refractivity contribution >= 4 is 40.5 Å².